The molecule has 10 heavy (non-hydrogen) atoms. The predicted octanol–water partition coefficient (Wildman–Crippen LogP) is 1.22. The molecule has 0 bridgehead atoms. The average Bonchev–Trinajstić information content (AvgIpc) is 2.12. The topological polar surface area (TPSA) is 56.2 Å². The van der Waals surface area contributed by atoms with Crippen LogP contribution in [-0.2, 0) is 0 Å². The Kier molecular flexibility index (Phi) is 6.20. The van der Waals surface area contributed by atoms with E-state index in [1.165, 1.54) is 18.6 Å². The van der Waals surface area contributed by atoms with Crippen molar-refractivity contribution in [3.8, 4) is 0 Å². The van der Waals surface area contributed by atoms with Crippen molar-refractivity contribution in [2.45, 2.75) is 0 Å². The zero-order valence-corrected chi connectivity index (χ0v) is 6.58. The maximum absolute atomic E-state index is 10.2. The van der Waals surface area contributed by atoms with Crippen LogP contribution < -0.4 is 5.73 Å². The lowest BCUT2D eigenvalue weighted by atomic mass is 10.3. The quantitative estimate of drug-likeness (QED) is 0.713. The van der Waals surface area contributed by atoms with E-state index in [0.29, 0.717) is 5.56 Å². The fraction of sp³-hybridized carbons (Fsp3) is 0. The zero-order chi connectivity index (χ0) is 5.98. The Morgan fingerprint density at radius 3 is 2.30 bits per heavy atom. The number of carbonyl (C=O) groups excluding carboxylic acids is 1. The molecule has 1 aromatic rings. The monoisotopic (exact) mass is 183 g/mol. The lowest BCUT2D eigenvalue weighted by Crippen LogP contribution is -2.08. The van der Waals surface area contributed by atoms with Gasteiger partial charge in [-0.25, -0.2) is 0 Å². The van der Waals surface area contributed by atoms with E-state index >= 15 is 0 Å². The summed E-state index contributed by atoms with van der Waals surface area (Å²) in [6, 6.07) is 1.52. The number of carbonyl (C=O) groups is 1. The molecule has 1 heterocycles. The maximum atomic E-state index is 10.2. The second kappa shape index (κ2) is 5.14. The maximum Gasteiger partial charge on any atom is 0.251 e. The molecule has 0 saturated heterocycles. The van der Waals surface area contributed by atoms with Crippen LogP contribution in [0.3, 0.4) is 0 Å². The van der Waals surface area contributed by atoms with Gasteiger partial charge in [-0.05, 0) is 6.07 Å². The minimum absolute atomic E-state index is 0. The number of hydrogen-bond acceptors (Lipinski definition) is 2. The van der Waals surface area contributed by atoms with E-state index in [1.807, 2.05) is 0 Å². The summed E-state index contributed by atoms with van der Waals surface area (Å²) in [5, 5.41) is 0. The third-order valence-electron chi connectivity index (χ3n) is 0.806. The summed E-state index contributed by atoms with van der Waals surface area (Å²) in [4.78, 5) is 10.2. The minimum Gasteiger partial charge on any atom is -0.472 e. The fourth-order valence-electron chi connectivity index (χ4n) is 0.405. The van der Waals surface area contributed by atoms with E-state index in [2.05, 4.69) is 4.42 Å². The van der Waals surface area contributed by atoms with Crippen molar-refractivity contribution < 1.29 is 9.21 Å². The summed E-state index contributed by atoms with van der Waals surface area (Å²) in [5.41, 5.74) is 5.27. The fourth-order valence-corrected chi connectivity index (χ4v) is 0.405. The highest BCUT2D eigenvalue weighted by atomic mass is 35.5. The van der Waals surface area contributed by atoms with Gasteiger partial charge in [-0.2, -0.15) is 0 Å². The number of furan rings is 1. The van der Waals surface area contributed by atoms with Crippen molar-refractivity contribution in [2.24, 2.45) is 5.73 Å². The highest BCUT2D eigenvalue weighted by molar-refractivity contribution is 5.92. The Balaban J connectivity index is 0. The first-order valence-electron chi connectivity index (χ1n) is 2.12. The second-order valence-electron chi connectivity index (χ2n) is 1.38. The molecule has 0 aromatic carbocycles. The molecule has 2 N–H and O–H groups in total. The standard InChI is InChI=1S/C5H5NO2.2ClH/c6-5(7)4-1-2-8-3-4;;/h1-3H,(H2,6,7);2*1H. The van der Waals surface area contributed by atoms with Crippen LogP contribution in [0.25, 0.3) is 0 Å². The largest absolute Gasteiger partial charge is 0.472 e. The normalized spacial score (nSPS) is 7.20. The van der Waals surface area contributed by atoms with Crippen molar-refractivity contribution >= 4 is 30.7 Å². The third kappa shape index (κ3) is 2.75. The van der Waals surface area contributed by atoms with Crippen LogP contribution in [0.2, 0.25) is 0 Å². The third-order valence-corrected chi connectivity index (χ3v) is 0.806. The van der Waals surface area contributed by atoms with Crippen LogP contribution in [0.4, 0.5) is 0 Å². The van der Waals surface area contributed by atoms with Gasteiger partial charge in [-0.3, -0.25) is 4.79 Å². The zero-order valence-electron chi connectivity index (χ0n) is 4.94. The minimum atomic E-state index is -0.459. The molecule has 0 radical (unpaired) electrons. The van der Waals surface area contributed by atoms with Gasteiger partial charge in [0.15, 0.2) is 0 Å². The van der Waals surface area contributed by atoms with Crippen molar-refractivity contribution in [3.63, 3.8) is 0 Å². The van der Waals surface area contributed by atoms with Crippen molar-refractivity contribution in [2.75, 3.05) is 0 Å². The molecule has 0 spiro atoms. The summed E-state index contributed by atoms with van der Waals surface area (Å²) in [6.07, 6.45) is 2.71. The Labute approximate surface area is 70.4 Å². The van der Waals surface area contributed by atoms with Gasteiger partial charge >= 0.3 is 0 Å². The van der Waals surface area contributed by atoms with Gasteiger partial charge in [0.1, 0.15) is 6.26 Å². The van der Waals surface area contributed by atoms with Gasteiger partial charge in [0.05, 0.1) is 11.8 Å². The molecule has 5 heteroatoms. The first kappa shape index (κ1) is 12.0. The summed E-state index contributed by atoms with van der Waals surface area (Å²) in [6.45, 7) is 0. The lowest BCUT2D eigenvalue weighted by molar-refractivity contribution is 0.0999. The molecule has 0 aliphatic rings. The van der Waals surface area contributed by atoms with E-state index in [1.54, 1.807) is 0 Å². The van der Waals surface area contributed by atoms with Crippen LogP contribution in [0, 0.1) is 0 Å². The molecule has 1 amide bonds. The average molecular weight is 184 g/mol. The Morgan fingerprint density at radius 1 is 1.50 bits per heavy atom. The SMILES string of the molecule is Cl.Cl.NC(=O)c1ccoc1. The van der Waals surface area contributed by atoms with Crippen LogP contribution in [0.15, 0.2) is 23.0 Å². The Hall–Kier alpha value is -0.670. The molecule has 3 nitrogen and oxygen atoms in total. The van der Waals surface area contributed by atoms with Crippen molar-refractivity contribution in [1.29, 1.82) is 0 Å². The molecule has 0 atom stereocenters. The molecule has 1 rings (SSSR count). The lowest BCUT2D eigenvalue weighted by Gasteiger charge is -1.78. The first-order valence-corrected chi connectivity index (χ1v) is 2.12. The van der Waals surface area contributed by atoms with Gasteiger partial charge in [0.25, 0.3) is 5.91 Å². The predicted molar refractivity (Wildman–Crippen MR) is 41.7 cm³/mol. The molecule has 0 unspecified atom stereocenters. The molecule has 58 valence electrons. The van der Waals surface area contributed by atoms with Gasteiger partial charge in [0.2, 0.25) is 0 Å². The van der Waals surface area contributed by atoms with Gasteiger partial charge in [-0.15, -0.1) is 24.8 Å². The summed E-state index contributed by atoms with van der Waals surface area (Å²) >= 11 is 0. The highest BCUT2D eigenvalue weighted by Gasteiger charge is 1.97. The molecule has 0 aliphatic carbocycles. The van der Waals surface area contributed by atoms with Crippen molar-refractivity contribution in [3.05, 3.63) is 24.2 Å². The summed E-state index contributed by atoms with van der Waals surface area (Å²) in [7, 11) is 0. The van der Waals surface area contributed by atoms with Crippen LogP contribution >= 0.6 is 24.8 Å². The molecular weight excluding hydrogens is 177 g/mol. The van der Waals surface area contributed by atoms with Gasteiger partial charge < -0.3 is 10.2 Å². The number of halogens is 2. The van der Waals surface area contributed by atoms with Crippen LogP contribution in [0.5, 0.6) is 0 Å². The number of hydrogen-bond donors (Lipinski definition) is 1. The van der Waals surface area contributed by atoms with E-state index in [9.17, 15) is 4.79 Å². The van der Waals surface area contributed by atoms with E-state index in [0.717, 1.165) is 0 Å². The highest BCUT2D eigenvalue weighted by Crippen LogP contribution is 1.96. The molecule has 1 aromatic heterocycles. The molecule has 0 saturated carbocycles. The van der Waals surface area contributed by atoms with Gasteiger partial charge in [-0.1, -0.05) is 0 Å². The second-order valence-corrected chi connectivity index (χ2v) is 1.38. The Morgan fingerprint density at radius 2 is 2.10 bits per heavy atom. The summed E-state index contributed by atoms with van der Waals surface area (Å²) < 4.78 is 4.57. The summed E-state index contributed by atoms with van der Waals surface area (Å²) in [5.74, 6) is -0.459. The molecule has 0 aliphatic heterocycles. The van der Waals surface area contributed by atoms with Crippen LogP contribution in [-0.4, -0.2) is 5.91 Å². The Bertz CT molecular complexity index is 186. The van der Waals surface area contributed by atoms with Crippen LogP contribution in [0.1, 0.15) is 10.4 Å². The van der Waals surface area contributed by atoms with E-state index in [4.69, 9.17) is 5.73 Å². The first-order chi connectivity index (χ1) is 3.80. The molecule has 0 fully saturated rings. The van der Waals surface area contributed by atoms with E-state index in [-0.39, 0.29) is 24.8 Å². The molecular formula is C5H7Cl2NO2. The smallest absolute Gasteiger partial charge is 0.251 e. The number of nitrogens with two attached hydrogens (primary N) is 1. The van der Waals surface area contributed by atoms with Gasteiger partial charge in [0, 0.05) is 0 Å². The number of rotatable bonds is 1. The van der Waals surface area contributed by atoms with Crippen molar-refractivity contribution in [1.82, 2.24) is 0 Å². The number of amides is 1. The number of primary amides is 1. The van der Waals surface area contributed by atoms with E-state index < -0.39 is 5.91 Å².